The smallest absolute Gasteiger partial charge is 0.250 e. The van der Waals surface area contributed by atoms with Gasteiger partial charge in [0.05, 0.1) is 17.4 Å². The number of alkyl halides is 2. The van der Waals surface area contributed by atoms with Crippen LogP contribution in [0.4, 0.5) is 8.78 Å². The van der Waals surface area contributed by atoms with Crippen molar-refractivity contribution in [3.8, 4) is 23.1 Å². The minimum absolute atomic E-state index is 0.0678. The lowest BCUT2D eigenvalue weighted by Gasteiger charge is -2.24. The third kappa shape index (κ3) is 3.80. The van der Waals surface area contributed by atoms with E-state index in [1.807, 2.05) is 41.1 Å². The highest BCUT2D eigenvalue weighted by atomic mass is 32.2. The zero-order valence-corrected chi connectivity index (χ0v) is 16.7. The number of halogens is 2. The number of rotatable bonds is 5. The first-order valence-corrected chi connectivity index (χ1v) is 10.4. The van der Waals surface area contributed by atoms with Crippen LogP contribution in [0.2, 0.25) is 0 Å². The average Bonchev–Trinajstić information content (AvgIpc) is 3.26. The fourth-order valence-corrected chi connectivity index (χ4v) is 4.33. The highest BCUT2D eigenvalue weighted by Gasteiger charge is 2.47. The van der Waals surface area contributed by atoms with E-state index in [0.717, 1.165) is 21.8 Å². The number of hydrogen-bond donors (Lipinski definition) is 1. The summed E-state index contributed by atoms with van der Waals surface area (Å²) in [5.74, 6) is -2.42. The number of hydrogen-bond acceptors (Lipinski definition) is 5. The van der Waals surface area contributed by atoms with Gasteiger partial charge >= 0.3 is 0 Å². The molecule has 1 saturated carbocycles. The second kappa shape index (κ2) is 7.32. The van der Waals surface area contributed by atoms with E-state index in [4.69, 9.17) is 10.5 Å². The lowest BCUT2D eigenvalue weighted by molar-refractivity contribution is 0.000376. The number of fused-ring (bicyclic) bond motifs is 1. The van der Waals surface area contributed by atoms with E-state index in [0.29, 0.717) is 11.3 Å². The molecular formula is C21H20F2N4OS. The first kappa shape index (κ1) is 19.7. The Hall–Kier alpha value is -2.63. The lowest BCUT2D eigenvalue weighted by atomic mass is 10.0. The Kier molecular flexibility index (Phi) is 4.97. The molecule has 150 valence electrons. The standard InChI is InChI=1S/C21H20F2N4OS/c1-29-18-9-14(16-11-26-19-4-2-3-7-27(16)19)8-17(15(18)10-24)28-13-20(25)5-6-21(22,23)12-20/h2-4,7-9,11H,5-6,12-13,25H2,1H3/t20-/m0/s1. The first-order valence-electron chi connectivity index (χ1n) is 9.18. The third-order valence-corrected chi connectivity index (χ3v) is 5.99. The fourth-order valence-electron chi connectivity index (χ4n) is 3.74. The van der Waals surface area contributed by atoms with Crippen LogP contribution in [0.5, 0.6) is 5.75 Å². The molecule has 8 heteroatoms. The maximum atomic E-state index is 13.6. The van der Waals surface area contributed by atoms with Crippen LogP contribution < -0.4 is 10.5 Å². The van der Waals surface area contributed by atoms with Crippen molar-refractivity contribution in [3.05, 3.63) is 48.3 Å². The maximum Gasteiger partial charge on any atom is 0.250 e. The van der Waals surface area contributed by atoms with Crippen molar-refractivity contribution in [1.29, 1.82) is 5.26 Å². The van der Waals surface area contributed by atoms with Gasteiger partial charge in [-0.05, 0) is 36.9 Å². The average molecular weight is 414 g/mol. The molecule has 2 aromatic heterocycles. The van der Waals surface area contributed by atoms with E-state index in [1.54, 1.807) is 12.3 Å². The maximum absolute atomic E-state index is 13.6. The summed E-state index contributed by atoms with van der Waals surface area (Å²) in [4.78, 5) is 5.15. The molecule has 1 fully saturated rings. The molecule has 0 saturated heterocycles. The van der Waals surface area contributed by atoms with Gasteiger partial charge in [-0.1, -0.05) is 6.07 Å². The molecule has 0 spiro atoms. The Labute approximate surface area is 171 Å². The second-order valence-corrected chi connectivity index (χ2v) is 8.27. The van der Waals surface area contributed by atoms with Crippen LogP contribution in [0.25, 0.3) is 16.9 Å². The second-order valence-electron chi connectivity index (χ2n) is 7.42. The number of aromatic nitrogens is 2. The van der Waals surface area contributed by atoms with Gasteiger partial charge in [0.2, 0.25) is 5.92 Å². The summed E-state index contributed by atoms with van der Waals surface area (Å²) in [6.45, 7) is -0.0678. The zero-order chi connectivity index (χ0) is 20.6. The van der Waals surface area contributed by atoms with Crippen LogP contribution in [-0.2, 0) is 0 Å². The van der Waals surface area contributed by atoms with Gasteiger partial charge in [-0.15, -0.1) is 11.8 Å². The van der Waals surface area contributed by atoms with E-state index >= 15 is 0 Å². The summed E-state index contributed by atoms with van der Waals surface area (Å²) in [6, 6.07) is 11.6. The van der Waals surface area contributed by atoms with Crippen molar-refractivity contribution in [2.45, 2.75) is 35.6 Å². The summed E-state index contributed by atoms with van der Waals surface area (Å²) in [5.41, 5.74) is 7.89. The molecule has 5 nitrogen and oxygen atoms in total. The Morgan fingerprint density at radius 1 is 1.34 bits per heavy atom. The van der Waals surface area contributed by atoms with E-state index in [1.165, 1.54) is 11.8 Å². The number of imidazole rings is 1. The summed E-state index contributed by atoms with van der Waals surface area (Å²) < 4.78 is 35.1. The molecule has 2 N–H and O–H groups in total. The van der Waals surface area contributed by atoms with Gasteiger partial charge in [-0.2, -0.15) is 5.26 Å². The van der Waals surface area contributed by atoms with Crippen LogP contribution >= 0.6 is 11.8 Å². The van der Waals surface area contributed by atoms with E-state index < -0.39 is 17.9 Å². The van der Waals surface area contributed by atoms with Crippen LogP contribution in [-0.4, -0.2) is 33.7 Å². The highest BCUT2D eigenvalue weighted by molar-refractivity contribution is 7.98. The Morgan fingerprint density at radius 2 is 2.17 bits per heavy atom. The summed E-state index contributed by atoms with van der Waals surface area (Å²) in [7, 11) is 0. The lowest BCUT2D eigenvalue weighted by Crippen LogP contribution is -2.44. The minimum Gasteiger partial charge on any atom is -0.490 e. The van der Waals surface area contributed by atoms with Gasteiger partial charge in [0.1, 0.15) is 29.6 Å². The van der Waals surface area contributed by atoms with Crippen molar-refractivity contribution in [3.63, 3.8) is 0 Å². The number of nitrogens with zero attached hydrogens (tertiary/aromatic N) is 3. The number of ether oxygens (including phenoxy) is 1. The minimum atomic E-state index is -2.76. The van der Waals surface area contributed by atoms with Crippen LogP contribution in [0.3, 0.4) is 0 Å². The number of thioether (sulfide) groups is 1. The predicted molar refractivity (Wildman–Crippen MR) is 108 cm³/mol. The monoisotopic (exact) mass is 414 g/mol. The number of nitrogens with two attached hydrogens (primary N) is 1. The molecule has 1 aliphatic carbocycles. The molecule has 0 aliphatic heterocycles. The molecule has 0 unspecified atom stereocenters. The van der Waals surface area contributed by atoms with Gasteiger partial charge in [0.25, 0.3) is 0 Å². The van der Waals surface area contributed by atoms with E-state index in [9.17, 15) is 14.0 Å². The number of benzene rings is 1. The topological polar surface area (TPSA) is 76.3 Å². The van der Waals surface area contributed by atoms with Crippen molar-refractivity contribution in [1.82, 2.24) is 9.38 Å². The molecule has 3 aromatic rings. The van der Waals surface area contributed by atoms with E-state index in [2.05, 4.69) is 11.1 Å². The zero-order valence-electron chi connectivity index (χ0n) is 15.9. The molecule has 0 amide bonds. The Balaban J connectivity index is 1.71. The highest BCUT2D eigenvalue weighted by Crippen LogP contribution is 2.41. The predicted octanol–water partition coefficient (Wildman–Crippen LogP) is 4.49. The molecular weight excluding hydrogens is 394 g/mol. The van der Waals surface area contributed by atoms with Crippen LogP contribution in [0.15, 0.2) is 47.6 Å². The molecule has 2 heterocycles. The van der Waals surface area contributed by atoms with Gasteiger partial charge in [0, 0.05) is 29.5 Å². The summed E-state index contributed by atoms with van der Waals surface area (Å²) >= 11 is 1.42. The van der Waals surface area contributed by atoms with Crippen molar-refractivity contribution in [2.24, 2.45) is 5.73 Å². The van der Waals surface area contributed by atoms with Crippen molar-refractivity contribution >= 4 is 17.4 Å². The summed E-state index contributed by atoms with van der Waals surface area (Å²) in [5, 5.41) is 9.65. The first-order chi connectivity index (χ1) is 13.8. The SMILES string of the molecule is CSc1cc(-c2cnc3ccccn23)cc(OC[C@]2(N)CCC(F)(F)C2)c1C#N. The van der Waals surface area contributed by atoms with Gasteiger partial charge in [0.15, 0.2) is 0 Å². The normalized spacial score (nSPS) is 20.7. The van der Waals surface area contributed by atoms with Crippen LogP contribution in [0.1, 0.15) is 24.8 Å². The van der Waals surface area contributed by atoms with Crippen LogP contribution in [0, 0.1) is 11.3 Å². The summed E-state index contributed by atoms with van der Waals surface area (Å²) in [6.07, 6.45) is 5.07. The molecule has 1 aromatic carbocycles. The van der Waals surface area contributed by atoms with E-state index in [-0.39, 0.29) is 19.4 Å². The van der Waals surface area contributed by atoms with Gasteiger partial charge < -0.3 is 10.5 Å². The number of nitriles is 1. The molecule has 0 bridgehead atoms. The largest absolute Gasteiger partial charge is 0.490 e. The molecule has 4 rings (SSSR count). The van der Waals surface area contributed by atoms with Crippen molar-refractivity contribution in [2.75, 3.05) is 12.9 Å². The quantitative estimate of drug-likeness (QED) is 0.623. The van der Waals surface area contributed by atoms with Crippen molar-refractivity contribution < 1.29 is 13.5 Å². The Bertz CT molecular complexity index is 1110. The molecule has 1 aliphatic rings. The molecule has 0 radical (unpaired) electrons. The molecule has 1 atom stereocenters. The van der Waals surface area contributed by atoms with Gasteiger partial charge in [-0.3, -0.25) is 4.40 Å². The fraction of sp³-hybridized carbons (Fsp3) is 0.333. The molecule has 29 heavy (non-hydrogen) atoms. The number of pyridine rings is 1. The Morgan fingerprint density at radius 3 is 2.86 bits per heavy atom. The van der Waals surface area contributed by atoms with Gasteiger partial charge in [-0.25, -0.2) is 13.8 Å². The third-order valence-electron chi connectivity index (χ3n) is 5.22.